The molecule has 2 aromatic carbocycles. The van der Waals surface area contributed by atoms with Crippen molar-refractivity contribution in [2.24, 2.45) is 0 Å². The highest BCUT2D eigenvalue weighted by Gasteiger charge is 2.17. The predicted octanol–water partition coefficient (Wildman–Crippen LogP) is 5.60. The second kappa shape index (κ2) is 11.0. The Kier molecular flexibility index (Phi) is 8.67. The van der Waals surface area contributed by atoms with Crippen molar-refractivity contribution in [1.29, 1.82) is 0 Å². The van der Waals surface area contributed by atoms with E-state index in [2.05, 4.69) is 17.6 Å². The summed E-state index contributed by atoms with van der Waals surface area (Å²) in [7, 11) is 1.54. The van der Waals surface area contributed by atoms with Gasteiger partial charge in [0.25, 0.3) is 0 Å². The number of carbonyl (C=O) groups is 2. The molecule has 0 saturated heterocycles. The molecule has 0 aliphatic carbocycles. The molecule has 0 fully saturated rings. The maximum atomic E-state index is 12.5. The number of thioether (sulfide) groups is 1. The monoisotopic (exact) mass is 420 g/mol. The number of anilines is 2. The average Bonchev–Trinajstić information content (AvgIpc) is 2.68. The van der Waals surface area contributed by atoms with Crippen molar-refractivity contribution < 1.29 is 14.3 Å². The molecule has 0 heterocycles. The fourth-order valence-electron chi connectivity index (χ4n) is 2.45. The molecule has 0 aromatic heterocycles. The van der Waals surface area contributed by atoms with Crippen LogP contribution >= 0.6 is 23.4 Å². The molecule has 0 bridgehead atoms. The Labute approximate surface area is 175 Å². The minimum Gasteiger partial charge on any atom is -0.495 e. The van der Waals surface area contributed by atoms with Gasteiger partial charge in [-0.15, -0.1) is 11.8 Å². The van der Waals surface area contributed by atoms with Crippen LogP contribution in [0.2, 0.25) is 5.02 Å². The predicted molar refractivity (Wildman–Crippen MR) is 117 cm³/mol. The van der Waals surface area contributed by atoms with E-state index in [1.807, 2.05) is 31.2 Å². The zero-order valence-electron chi connectivity index (χ0n) is 16.3. The van der Waals surface area contributed by atoms with Gasteiger partial charge in [0.15, 0.2) is 0 Å². The molecule has 0 aliphatic heterocycles. The number of amides is 2. The second-order valence-corrected chi connectivity index (χ2v) is 8.12. The molecule has 0 spiro atoms. The lowest BCUT2D eigenvalue weighted by atomic mass is 10.2. The minimum atomic E-state index is -0.325. The van der Waals surface area contributed by atoms with E-state index in [0.717, 1.165) is 23.4 Å². The third kappa shape index (κ3) is 6.77. The van der Waals surface area contributed by atoms with Crippen LogP contribution in [-0.2, 0) is 9.59 Å². The molecule has 2 aromatic rings. The fourth-order valence-corrected chi connectivity index (χ4v) is 3.49. The number of nitrogens with one attached hydrogen (secondary N) is 2. The summed E-state index contributed by atoms with van der Waals surface area (Å²) >= 11 is 7.43. The molecule has 150 valence electrons. The summed E-state index contributed by atoms with van der Waals surface area (Å²) in [5.74, 6) is 0.422. The molecule has 2 rings (SSSR count). The molecule has 1 unspecified atom stereocenters. The molecule has 2 N–H and O–H groups in total. The van der Waals surface area contributed by atoms with Crippen molar-refractivity contribution in [3.8, 4) is 5.75 Å². The van der Waals surface area contributed by atoms with E-state index in [1.165, 1.54) is 11.8 Å². The largest absolute Gasteiger partial charge is 0.495 e. The van der Waals surface area contributed by atoms with E-state index in [4.69, 9.17) is 16.3 Å². The maximum Gasteiger partial charge on any atom is 0.237 e. The number of ether oxygens (including phenoxy) is 1. The van der Waals surface area contributed by atoms with Crippen molar-refractivity contribution in [3.63, 3.8) is 0 Å². The number of carbonyl (C=O) groups excluding carboxylic acids is 2. The highest BCUT2D eigenvalue weighted by Crippen LogP contribution is 2.30. The summed E-state index contributed by atoms with van der Waals surface area (Å²) in [6.45, 7) is 3.89. The molecule has 0 aliphatic rings. The van der Waals surface area contributed by atoms with Gasteiger partial charge >= 0.3 is 0 Å². The molecule has 0 saturated carbocycles. The van der Waals surface area contributed by atoms with Gasteiger partial charge in [0, 0.05) is 22.0 Å². The van der Waals surface area contributed by atoms with Gasteiger partial charge in [0.05, 0.1) is 18.0 Å². The van der Waals surface area contributed by atoms with Crippen LogP contribution in [0.1, 0.15) is 33.1 Å². The molecule has 0 radical (unpaired) electrons. The van der Waals surface area contributed by atoms with Crippen molar-refractivity contribution in [3.05, 3.63) is 47.5 Å². The first-order valence-electron chi connectivity index (χ1n) is 9.14. The Bertz CT molecular complexity index is 812. The van der Waals surface area contributed by atoms with Crippen LogP contribution in [0.3, 0.4) is 0 Å². The number of methoxy groups -OCH3 is 1. The van der Waals surface area contributed by atoms with E-state index in [9.17, 15) is 9.59 Å². The van der Waals surface area contributed by atoms with Gasteiger partial charge < -0.3 is 15.4 Å². The van der Waals surface area contributed by atoms with Crippen molar-refractivity contribution in [1.82, 2.24) is 0 Å². The van der Waals surface area contributed by atoms with E-state index < -0.39 is 0 Å². The molecular formula is C21H25ClN2O3S. The summed E-state index contributed by atoms with van der Waals surface area (Å²) < 4.78 is 5.25. The minimum absolute atomic E-state index is 0.0190. The first-order chi connectivity index (χ1) is 13.4. The van der Waals surface area contributed by atoms with E-state index >= 15 is 0 Å². The zero-order valence-corrected chi connectivity index (χ0v) is 17.8. The van der Waals surface area contributed by atoms with Crippen LogP contribution in [0.5, 0.6) is 5.75 Å². The SMILES string of the molecule is CCCCC(=O)Nc1ccc(SC(C)C(=O)Nc2cc(Cl)ccc2OC)cc1. The normalized spacial score (nSPS) is 11.6. The summed E-state index contributed by atoms with van der Waals surface area (Å²) in [4.78, 5) is 25.2. The quantitative estimate of drug-likeness (QED) is 0.518. The average molecular weight is 421 g/mol. The number of hydrogen-bond donors (Lipinski definition) is 2. The van der Waals surface area contributed by atoms with Crippen molar-refractivity contribution in [2.45, 2.75) is 43.3 Å². The topological polar surface area (TPSA) is 67.4 Å². The van der Waals surface area contributed by atoms with E-state index in [-0.39, 0.29) is 17.1 Å². The number of halogens is 1. The number of rotatable bonds is 9. The lowest BCUT2D eigenvalue weighted by Crippen LogP contribution is -2.22. The van der Waals surface area contributed by atoms with Gasteiger partial charge in [-0.05, 0) is 55.8 Å². The van der Waals surface area contributed by atoms with Gasteiger partial charge in [0.1, 0.15) is 5.75 Å². The van der Waals surface area contributed by atoms with Crippen molar-refractivity contribution in [2.75, 3.05) is 17.7 Å². The molecule has 1 atom stereocenters. The Morgan fingerprint density at radius 3 is 2.50 bits per heavy atom. The number of benzene rings is 2. The third-order valence-electron chi connectivity index (χ3n) is 4.00. The number of hydrogen-bond acceptors (Lipinski definition) is 4. The van der Waals surface area contributed by atoms with E-state index in [0.29, 0.717) is 22.9 Å². The Hall–Kier alpha value is -2.18. The lowest BCUT2D eigenvalue weighted by Gasteiger charge is -2.15. The smallest absolute Gasteiger partial charge is 0.237 e. The second-order valence-electron chi connectivity index (χ2n) is 6.27. The molecule has 28 heavy (non-hydrogen) atoms. The van der Waals surface area contributed by atoms with Gasteiger partial charge in [-0.25, -0.2) is 0 Å². The first kappa shape index (κ1) is 22.1. The van der Waals surface area contributed by atoms with Gasteiger partial charge in [-0.1, -0.05) is 24.9 Å². The van der Waals surface area contributed by atoms with Gasteiger partial charge in [0.2, 0.25) is 11.8 Å². The maximum absolute atomic E-state index is 12.5. The Morgan fingerprint density at radius 2 is 1.86 bits per heavy atom. The fraction of sp³-hybridized carbons (Fsp3) is 0.333. The molecule has 2 amide bonds. The number of unbranched alkanes of at least 4 members (excludes halogenated alkanes) is 1. The highest BCUT2D eigenvalue weighted by molar-refractivity contribution is 8.00. The van der Waals surface area contributed by atoms with Gasteiger partial charge in [-0.3, -0.25) is 9.59 Å². The summed E-state index contributed by atoms with van der Waals surface area (Å²) in [5.41, 5.74) is 1.30. The molecule has 5 nitrogen and oxygen atoms in total. The standard InChI is InChI=1S/C21H25ClN2O3S/c1-4-5-6-20(25)23-16-8-10-17(11-9-16)28-14(2)21(26)24-18-13-15(22)7-12-19(18)27-3/h7-14H,4-6H2,1-3H3,(H,23,25)(H,24,26). The van der Waals surface area contributed by atoms with Crippen molar-refractivity contribution >= 4 is 46.6 Å². The molecule has 7 heteroatoms. The summed E-state index contributed by atoms with van der Waals surface area (Å²) in [6.07, 6.45) is 2.39. The first-order valence-corrected chi connectivity index (χ1v) is 10.4. The van der Waals surface area contributed by atoms with Crippen LogP contribution in [-0.4, -0.2) is 24.2 Å². The third-order valence-corrected chi connectivity index (χ3v) is 5.34. The highest BCUT2D eigenvalue weighted by atomic mass is 35.5. The van der Waals surface area contributed by atoms with Crippen LogP contribution < -0.4 is 15.4 Å². The van der Waals surface area contributed by atoms with Gasteiger partial charge in [-0.2, -0.15) is 0 Å². The Morgan fingerprint density at radius 1 is 1.14 bits per heavy atom. The summed E-state index contributed by atoms with van der Waals surface area (Å²) in [5, 5.41) is 5.93. The molecular weight excluding hydrogens is 396 g/mol. The Balaban J connectivity index is 1.93. The van der Waals surface area contributed by atoms with E-state index in [1.54, 1.807) is 25.3 Å². The lowest BCUT2D eigenvalue weighted by molar-refractivity contribution is -0.116. The summed E-state index contributed by atoms with van der Waals surface area (Å²) in [6, 6.07) is 12.5. The van der Waals surface area contributed by atoms with Crippen LogP contribution in [0, 0.1) is 0 Å². The zero-order chi connectivity index (χ0) is 20.5. The van der Waals surface area contributed by atoms with Crippen LogP contribution in [0.4, 0.5) is 11.4 Å². The van der Waals surface area contributed by atoms with Crippen LogP contribution in [0.15, 0.2) is 47.4 Å². The van der Waals surface area contributed by atoms with Crippen LogP contribution in [0.25, 0.3) is 0 Å².